The number of hydrogen-bond donors (Lipinski definition) is 0. The average Bonchev–Trinajstić information content (AvgIpc) is 3.00. The van der Waals surface area contributed by atoms with Crippen LogP contribution in [-0.4, -0.2) is 230 Å². The fourth-order valence-corrected chi connectivity index (χ4v) is 17.4. The molecule has 9 rings (SSSR count). The average molecular weight is 859 g/mol. The van der Waals surface area contributed by atoms with Gasteiger partial charge in [0.15, 0.2) is 0 Å². The van der Waals surface area contributed by atoms with Crippen LogP contribution in [0.1, 0.15) is 104 Å². The van der Waals surface area contributed by atoms with E-state index in [1.807, 2.05) is 0 Å². The van der Waals surface area contributed by atoms with Gasteiger partial charge < -0.3 is 0 Å². The second-order valence-electron chi connectivity index (χ2n) is 21.1. The maximum Gasteiger partial charge on any atom is 0.121 e. The summed E-state index contributed by atoms with van der Waals surface area (Å²) in [5.41, 5.74) is 0.581. The van der Waals surface area contributed by atoms with E-state index >= 15 is 0 Å². The molecule has 0 unspecified atom stereocenters. The summed E-state index contributed by atoms with van der Waals surface area (Å²) < 4.78 is 24.2. The lowest BCUT2D eigenvalue weighted by Crippen LogP contribution is -2.61. The van der Waals surface area contributed by atoms with Crippen molar-refractivity contribution in [2.24, 2.45) is 0 Å². The van der Waals surface area contributed by atoms with Gasteiger partial charge in [-0.25, -0.2) is 0 Å². The Balaban J connectivity index is 0.000000195. The van der Waals surface area contributed by atoms with Crippen molar-refractivity contribution in [1.29, 1.82) is 0 Å². The molecule has 0 N–H and O–H groups in total. The van der Waals surface area contributed by atoms with E-state index in [0.717, 1.165) is 0 Å². The molecule has 9 fully saturated rings. The minimum atomic E-state index is -0.459. The van der Waals surface area contributed by atoms with Gasteiger partial charge in [-0.05, 0) is 125 Å². The first kappa shape index (κ1) is 50.5. The van der Waals surface area contributed by atoms with Crippen molar-refractivity contribution < 1.29 is 0 Å². The lowest BCUT2D eigenvalue weighted by Gasteiger charge is -2.59. The maximum atomic E-state index is 2.80. The minimum Gasteiger partial charge on any atom is -0.299 e. The summed E-state index contributed by atoms with van der Waals surface area (Å²) >= 11 is 0. The number of hydrogen-bond acceptors (Lipinski definition) is 12. The highest BCUT2D eigenvalue weighted by Gasteiger charge is 2.47. The molecule has 0 aromatic carbocycles. The Bertz CT molecular complexity index is 1050. The van der Waals surface area contributed by atoms with Gasteiger partial charge in [-0.2, -0.15) is 0 Å². The van der Waals surface area contributed by atoms with Crippen LogP contribution in [0.2, 0.25) is 0 Å². The Morgan fingerprint density at radius 3 is 0.754 bits per heavy atom. The number of rotatable bonds is 3. The second-order valence-corrected chi connectivity index (χ2v) is 27.8. The van der Waals surface area contributed by atoms with Gasteiger partial charge in [0.25, 0.3) is 0 Å². The predicted octanol–water partition coefficient (Wildman–Crippen LogP) is 6.86. The topological polar surface area (TPSA) is 38.9 Å². The molecule has 9 saturated heterocycles. The van der Waals surface area contributed by atoms with E-state index < -0.39 is 8.37 Å². The molecule has 0 aliphatic carbocycles. The first-order valence-corrected chi connectivity index (χ1v) is 26.3. The first-order chi connectivity index (χ1) is 26.4. The molecule has 12 nitrogen and oxygen atoms in total. The number of nitrogens with zero attached hydrogens (tertiary/aromatic N) is 12. The van der Waals surface area contributed by atoms with E-state index in [1.54, 1.807) is 0 Å². The first-order valence-electron chi connectivity index (χ1n) is 22.7. The summed E-state index contributed by atoms with van der Waals surface area (Å²) in [6.07, 6.45) is 0. The molecule has 0 aromatic heterocycles. The Morgan fingerprint density at radius 1 is 0.298 bits per heavy atom. The molecule has 6 bridgehead atoms. The molecule has 57 heavy (non-hydrogen) atoms. The second kappa shape index (κ2) is 21.5. The van der Waals surface area contributed by atoms with Crippen molar-refractivity contribution in [2.75, 3.05) is 139 Å². The van der Waals surface area contributed by atoms with Crippen molar-refractivity contribution in [3.05, 3.63) is 0 Å². The van der Waals surface area contributed by atoms with E-state index in [-0.39, 0.29) is 33.4 Å². The van der Waals surface area contributed by atoms with Crippen molar-refractivity contribution in [3.8, 4) is 0 Å². The van der Waals surface area contributed by atoms with Crippen LogP contribution >= 0.6 is 25.1 Å². The van der Waals surface area contributed by atoms with Crippen molar-refractivity contribution >= 4 is 25.1 Å². The molecule has 9 heterocycles. The monoisotopic (exact) mass is 859 g/mol. The Hall–Kier alpha value is 0.810. The highest BCUT2D eigenvalue weighted by molar-refractivity contribution is 7.50. The number of fused-ring (bicyclic) bond motifs is 18. The Kier molecular flexibility index (Phi) is 19.0. The van der Waals surface area contributed by atoms with Gasteiger partial charge in [0.1, 0.15) is 25.1 Å². The fraction of sp³-hybridized carbons (Fsp3) is 1.00. The van der Waals surface area contributed by atoms with Crippen LogP contribution < -0.4 is 0 Å². The molecular formula is C42H93N12P3. The molecule has 0 saturated carbocycles. The minimum absolute atomic E-state index is 0.188. The van der Waals surface area contributed by atoms with Crippen LogP contribution in [0.4, 0.5) is 0 Å². The zero-order valence-electron chi connectivity index (χ0n) is 40.7. The van der Waals surface area contributed by atoms with Crippen molar-refractivity contribution in [2.45, 2.75) is 139 Å². The van der Waals surface area contributed by atoms with Crippen LogP contribution in [0.25, 0.3) is 0 Å². The standard InChI is InChI=1S/C18H39N4P.C15H33N4P.C9H21N4P/c1-16(2,3)20-13-10-19-11-14-21(17(4,5)6)23(20)22(15-12-19)18(7,8)9;1-13(2)17-10-7-16-8-11-18(14(3)4)20(17)19(12-9-16)15(5)6;1-10-4-7-13-8-5-11(2)14(10)12(3)6-9-13/h10-15H2,1-9H3;13-15H,7-12H2,1-6H3;4-9H2,1-3H3. The van der Waals surface area contributed by atoms with Gasteiger partial charge in [0, 0.05) is 153 Å². The van der Waals surface area contributed by atoms with Gasteiger partial charge in [-0.1, -0.05) is 0 Å². The normalized spacial score (nSPS) is 32.4. The van der Waals surface area contributed by atoms with E-state index in [9.17, 15) is 0 Å². The SMILES string of the molecule is CC(C)(C)N1CCN2CCN(C(C)(C)C)P1N(C(C)(C)C)CC2.CC(C)N1CCN2CCN(C(C)C)P1N(C(C)C)CC2.CN1CCN2CCN(C)P1N(C)CC2. The van der Waals surface area contributed by atoms with E-state index in [2.05, 4.69) is 182 Å². The van der Waals surface area contributed by atoms with E-state index in [4.69, 9.17) is 0 Å². The summed E-state index contributed by atoms with van der Waals surface area (Å²) in [6, 6.07) is 1.88. The lowest BCUT2D eigenvalue weighted by molar-refractivity contribution is 0.0827. The maximum absolute atomic E-state index is 2.80. The summed E-state index contributed by atoms with van der Waals surface area (Å²) in [5.74, 6) is 0. The van der Waals surface area contributed by atoms with Gasteiger partial charge >= 0.3 is 0 Å². The third kappa shape index (κ3) is 13.7. The highest BCUT2D eigenvalue weighted by atomic mass is 31.2. The molecule has 15 heteroatoms. The molecule has 0 atom stereocenters. The van der Waals surface area contributed by atoms with E-state index in [1.165, 1.54) is 118 Å². The third-order valence-electron chi connectivity index (χ3n) is 12.4. The molecular weight excluding hydrogens is 765 g/mol. The molecule has 0 spiro atoms. The fourth-order valence-electron chi connectivity index (χ4n) is 8.93. The molecule has 0 aromatic rings. The Morgan fingerprint density at radius 2 is 0.526 bits per heavy atom. The van der Waals surface area contributed by atoms with E-state index in [0.29, 0.717) is 18.1 Å². The summed E-state index contributed by atoms with van der Waals surface area (Å²) in [5, 5.41) is 0. The smallest absolute Gasteiger partial charge is 0.121 e. The largest absolute Gasteiger partial charge is 0.299 e. The number of likely N-dealkylation sites (N-methyl/N-ethyl adjacent to an activating group) is 3. The molecule has 9 aliphatic heterocycles. The zero-order chi connectivity index (χ0) is 42.6. The van der Waals surface area contributed by atoms with Crippen LogP contribution in [0, 0.1) is 0 Å². The van der Waals surface area contributed by atoms with Crippen LogP contribution in [0.3, 0.4) is 0 Å². The summed E-state index contributed by atoms with van der Waals surface area (Å²) in [7, 11) is 5.81. The summed E-state index contributed by atoms with van der Waals surface area (Å²) in [6.45, 7) is 57.6. The summed E-state index contributed by atoms with van der Waals surface area (Å²) in [4.78, 5) is 7.91. The van der Waals surface area contributed by atoms with Gasteiger partial charge in [0.2, 0.25) is 0 Å². The van der Waals surface area contributed by atoms with Gasteiger partial charge in [-0.15, -0.1) is 0 Å². The molecule has 0 radical (unpaired) electrons. The highest BCUT2D eigenvalue weighted by Crippen LogP contribution is 2.58. The molecule has 9 aliphatic rings. The Labute approximate surface area is 358 Å². The molecule has 336 valence electrons. The van der Waals surface area contributed by atoms with Gasteiger partial charge in [-0.3, -0.25) is 56.7 Å². The lowest BCUT2D eigenvalue weighted by atomic mass is 10.1. The van der Waals surface area contributed by atoms with Crippen molar-refractivity contribution in [1.82, 2.24) is 56.7 Å². The van der Waals surface area contributed by atoms with Gasteiger partial charge in [0.05, 0.1) is 0 Å². The molecule has 0 amide bonds. The third-order valence-corrected chi connectivity index (χ3v) is 21.9. The zero-order valence-corrected chi connectivity index (χ0v) is 43.4. The van der Waals surface area contributed by atoms with Crippen LogP contribution in [-0.2, 0) is 0 Å². The predicted molar refractivity (Wildman–Crippen MR) is 253 cm³/mol. The van der Waals surface area contributed by atoms with Crippen LogP contribution in [0.15, 0.2) is 0 Å². The van der Waals surface area contributed by atoms with Crippen molar-refractivity contribution in [3.63, 3.8) is 0 Å². The van der Waals surface area contributed by atoms with Crippen LogP contribution in [0.5, 0.6) is 0 Å². The quantitative estimate of drug-likeness (QED) is 0.279.